The number of nitrogens with one attached hydrogen (secondary N) is 1. The van der Waals surface area contributed by atoms with Gasteiger partial charge < -0.3 is 16.0 Å². The lowest BCUT2D eigenvalue weighted by Crippen LogP contribution is -2.22. The number of rotatable bonds is 4. The molecule has 94 valence electrons. The molecule has 1 unspecified atom stereocenters. The summed E-state index contributed by atoms with van der Waals surface area (Å²) >= 11 is 5.81. The fourth-order valence-electron chi connectivity index (χ4n) is 2.14. The zero-order chi connectivity index (χ0) is 12.3. The van der Waals surface area contributed by atoms with Crippen molar-refractivity contribution in [1.82, 2.24) is 14.9 Å². The number of halogens is 1. The van der Waals surface area contributed by atoms with Crippen molar-refractivity contribution in [1.29, 1.82) is 0 Å². The Balaban J connectivity index is 1.85. The van der Waals surface area contributed by atoms with Crippen molar-refractivity contribution in [3.63, 3.8) is 0 Å². The number of hydrogen-bond donors (Lipinski definition) is 2. The molecule has 5 nitrogen and oxygen atoms in total. The number of likely N-dealkylation sites (tertiary alicyclic amines) is 1. The van der Waals surface area contributed by atoms with Gasteiger partial charge >= 0.3 is 0 Å². The molecule has 0 radical (unpaired) electrons. The predicted octanol–water partition coefficient (Wildman–Crippen LogP) is 1.47. The molecule has 0 spiro atoms. The highest BCUT2D eigenvalue weighted by molar-refractivity contribution is 6.29. The highest BCUT2D eigenvalue weighted by atomic mass is 35.5. The lowest BCUT2D eigenvalue weighted by molar-refractivity contribution is 0.345. The Bertz CT molecular complexity index is 364. The zero-order valence-corrected chi connectivity index (χ0v) is 10.7. The van der Waals surface area contributed by atoms with Gasteiger partial charge in [-0.05, 0) is 25.4 Å². The fraction of sp³-hybridized carbons (Fsp3) is 0.636. The van der Waals surface area contributed by atoms with Crippen LogP contribution in [0.5, 0.6) is 0 Å². The van der Waals surface area contributed by atoms with Crippen LogP contribution in [0.1, 0.15) is 13.3 Å². The molecule has 1 saturated heterocycles. The summed E-state index contributed by atoms with van der Waals surface area (Å²) in [5.41, 5.74) is 5.53. The van der Waals surface area contributed by atoms with Crippen molar-refractivity contribution in [3.8, 4) is 0 Å². The fourth-order valence-corrected chi connectivity index (χ4v) is 2.33. The third-order valence-electron chi connectivity index (χ3n) is 3.10. The molecular formula is C11H18ClN5. The SMILES string of the molecule is CCN1CCC(CNc2cc(Cl)nc(N)n2)C1. The number of anilines is 2. The number of nitrogens with two attached hydrogens (primary N) is 1. The lowest BCUT2D eigenvalue weighted by Gasteiger charge is -2.14. The Hall–Kier alpha value is -1.07. The highest BCUT2D eigenvalue weighted by Crippen LogP contribution is 2.17. The Morgan fingerprint density at radius 3 is 3.06 bits per heavy atom. The summed E-state index contributed by atoms with van der Waals surface area (Å²) in [7, 11) is 0. The second-order valence-electron chi connectivity index (χ2n) is 4.36. The normalized spacial score (nSPS) is 20.7. The third-order valence-corrected chi connectivity index (χ3v) is 3.29. The topological polar surface area (TPSA) is 67.1 Å². The summed E-state index contributed by atoms with van der Waals surface area (Å²) in [6, 6.07) is 1.70. The van der Waals surface area contributed by atoms with Crippen molar-refractivity contribution in [3.05, 3.63) is 11.2 Å². The molecule has 1 fully saturated rings. The van der Waals surface area contributed by atoms with Crippen LogP contribution in [0.15, 0.2) is 6.07 Å². The molecule has 0 saturated carbocycles. The molecule has 1 aromatic heterocycles. The Labute approximate surface area is 106 Å². The zero-order valence-electron chi connectivity index (χ0n) is 9.99. The van der Waals surface area contributed by atoms with Gasteiger partial charge in [0, 0.05) is 19.2 Å². The van der Waals surface area contributed by atoms with Crippen LogP contribution < -0.4 is 11.1 Å². The van der Waals surface area contributed by atoms with Crippen LogP contribution >= 0.6 is 11.6 Å². The van der Waals surface area contributed by atoms with Gasteiger partial charge in [-0.3, -0.25) is 0 Å². The highest BCUT2D eigenvalue weighted by Gasteiger charge is 2.20. The second-order valence-corrected chi connectivity index (χ2v) is 4.75. The first-order valence-corrected chi connectivity index (χ1v) is 6.31. The van der Waals surface area contributed by atoms with Crippen molar-refractivity contribution in [2.75, 3.05) is 37.2 Å². The van der Waals surface area contributed by atoms with E-state index in [1.165, 1.54) is 13.0 Å². The molecule has 0 bridgehead atoms. The van der Waals surface area contributed by atoms with Gasteiger partial charge in [-0.2, -0.15) is 4.98 Å². The number of hydrogen-bond acceptors (Lipinski definition) is 5. The monoisotopic (exact) mass is 255 g/mol. The van der Waals surface area contributed by atoms with Crippen LogP contribution in [0.3, 0.4) is 0 Å². The van der Waals surface area contributed by atoms with E-state index in [1.54, 1.807) is 6.07 Å². The van der Waals surface area contributed by atoms with Crippen molar-refractivity contribution >= 4 is 23.4 Å². The predicted molar refractivity (Wildman–Crippen MR) is 70.2 cm³/mol. The van der Waals surface area contributed by atoms with Crippen LogP contribution in [-0.4, -0.2) is 41.0 Å². The van der Waals surface area contributed by atoms with Gasteiger partial charge in [0.15, 0.2) is 0 Å². The summed E-state index contributed by atoms with van der Waals surface area (Å²) in [5.74, 6) is 1.59. The molecule has 2 heterocycles. The van der Waals surface area contributed by atoms with Gasteiger partial charge in [0.1, 0.15) is 11.0 Å². The average Bonchev–Trinajstić information content (AvgIpc) is 2.73. The molecule has 0 aromatic carbocycles. The molecule has 1 aromatic rings. The summed E-state index contributed by atoms with van der Waals surface area (Å²) < 4.78 is 0. The van der Waals surface area contributed by atoms with Gasteiger partial charge in [0.2, 0.25) is 5.95 Å². The molecule has 6 heteroatoms. The summed E-state index contributed by atoms with van der Waals surface area (Å²) in [6.07, 6.45) is 1.23. The summed E-state index contributed by atoms with van der Waals surface area (Å²) in [6.45, 7) is 6.57. The van der Waals surface area contributed by atoms with Crippen LogP contribution in [0.25, 0.3) is 0 Å². The van der Waals surface area contributed by atoms with Gasteiger partial charge in [-0.15, -0.1) is 0 Å². The minimum Gasteiger partial charge on any atom is -0.370 e. The quantitative estimate of drug-likeness (QED) is 0.798. The van der Waals surface area contributed by atoms with Crippen LogP contribution in [0.4, 0.5) is 11.8 Å². The number of nitrogen functional groups attached to an aromatic ring is 1. The molecule has 1 aliphatic rings. The molecule has 0 aliphatic carbocycles. The first-order chi connectivity index (χ1) is 8.17. The van der Waals surface area contributed by atoms with Crippen LogP contribution in [-0.2, 0) is 0 Å². The van der Waals surface area contributed by atoms with E-state index in [9.17, 15) is 0 Å². The molecule has 1 atom stereocenters. The van der Waals surface area contributed by atoms with Crippen molar-refractivity contribution in [2.24, 2.45) is 5.92 Å². The number of aromatic nitrogens is 2. The Morgan fingerprint density at radius 2 is 2.41 bits per heavy atom. The van der Waals surface area contributed by atoms with E-state index in [4.69, 9.17) is 17.3 Å². The largest absolute Gasteiger partial charge is 0.370 e. The lowest BCUT2D eigenvalue weighted by atomic mass is 10.1. The maximum absolute atomic E-state index is 5.81. The summed E-state index contributed by atoms with van der Waals surface area (Å²) in [4.78, 5) is 10.4. The van der Waals surface area contributed by atoms with E-state index in [2.05, 4.69) is 27.1 Å². The van der Waals surface area contributed by atoms with Crippen molar-refractivity contribution in [2.45, 2.75) is 13.3 Å². The van der Waals surface area contributed by atoms with E-state index in [0.717, 1.165) is 19.6 Å². The maximum Gasteiger partial charge on any atom is 0.223 e. The van der Waals surface area contributed by atoms with Crippen molar-refractivity contribution < 1.29 is 0 Å². The first-order valence-electron chi connectivity index (χ1n) is 5.93. The van der Waals surface area contributed by atoms with E-state index in [1.807, 2.05) is 0 Å². The standard InChI is InChI=1S/C11H18ClN5/c1-2-17-4-3-8(7-17)6-14-10-5-9(12)15-11(13)16-10/h5,8H,2-4,6-7H2,1H3,(H3,13,14,15,16). The average molecular weight is 256 g/mol. The van der Waals surface area contributed by atoms with Gasteiger partial charge in [0.25, 0.3) is 0 Å². The van der Waals surface area contributed by atoms with E-state index in [-0.39, 0.29) is 5.95 Å². The molecular weight excluding hydrogens is 238 g/mol. The molecule has 3 N–H and O–H groups in total. The molecule has 0 amide bonds. The smallest absolute Gasteiger partial charge is 0.223 e. The van der Waals surface area contributed by atoms with Gasteiger partial charge in [-0.1, -0.05) is 18.5 Å². The molecule has 1 aliphatic heterocycles. The third kappa shape index (κ3) is 3.44. The summed E-state index contributed by atoms with van der Waals surface area (Å²) in [5, 5.41) is 3.65. The number of nitrogens with zero attached hydrogens (tertiary/aromatic N) is 3. The Kier molecular flexibility index (Phi) is 4.02. The van der Waals surface area contributed by atoms with E-state index >= 15 is 0 Å². The van der Waals surface area contributed by atoms with Gasteiger partial charge in [-0.25, -0.2) is 4.98 Å². The minimum absolute atomic E-state index is 0.210. The van der Waals surface area contributed by atoms with E-state index in [0.29, 0.717) is 16.9 Å². The Morgan fingerprint density at radius 1 is 1.59 bits per heavy atom. The second kappa shape index (κ2) is 5.51. The minimum atomic E-state index is 0.210. The first kappa shape index (κ1) is 12.4. The van der Waals surface area contributed by atoms with Gasteiger partial charge in [0.05, 0.1) is 0 Å². The molecule has 17 heavy (non-hydrogen) atoms. The van der Waals surface area contributed by atoms with Crippen LogP contribution in [0.2, 0.25) is 5.15 Å². The van der Waals surface area contributed by atoms with Crippen LogP contribution in [0, 0.1) is 5.92 Å². The van der Waals surface area contributed by atoms with E-state index < -0.39 is 0 Å². The maximum atomic E-state index is 5.81. The molecule has 2 rings (SSSR count).